The number of hydrogen-bond acceptors (Lipinski definition) is 4. The Kier molecular flexibility index (Phi) is 6.92. The van der Waals surface area contributed by atoms with Crippen LogP contribution in [0.25, 0.3) is 0 Å². The zero-order valence-corrected chi connectivity index (χ0v) is 19.1. The molecule has 1 aliphatic carbocycles. The first kappa shape index (κ1) is 22.6. The van der Waals surface area contributed by atoms with Crippen molar-refractivity contribution in [1.82, 2.24) is 15.5 Å². The summed E-state index contributed by atoms with van der Waals surface area (Å²) in [6.07, 6.45) is 1.95. The largest absolute Gasteiger partial charge is 0.459 e. The second-order valence-electron chi connectivity index (χ2n) is 8.57. The van der Waals surface area contributed by atoms with E-state index in [0.29, 0.717) is 22.9 Å². The van der Waals surface area contributed by atoms with E-state index in [1.807, 2.05) is 12.1 Å². The molecule has 2 N–H and O–H groups in total. The van der Waals surface area contributed by atoms with E-state index in [-0.39, 0.29) is 17.6 Å². The number of halogens is 3. The molecule has 31 heavy (non-hydrogen) atoms. The zero-order valence-electron chi connectivity index (χ0n) is 17.5. The lowest BCUT2D eigenvalue weighted by molar-refractivity contribution is -0.00611. The number of carbonyl (C=O) groups excluding carboxylic acids is 1. The van der Waals surface area contributed by atoms with Crippen LogP contribution in [0.15, 0.2) is 41.0 Å². The molecule has 1 amide bonds. The van der Waals surface area contributed by atoms with E-state index < -0.39 is 17.8 Å². The second-order valence-corrected chi connectivity index (χ2v) is 9.35. The normalized spacial score (nSPS) is 26.9. The van der Waals surface area contributed by atoms with Gasteiger partial charge in [-0.1, -0.05) is 35.3 Å². The molecule has 2 aliphatic rings. The van der Waals surface area contributed by atoms with E-state index in [0.717, 1.165) is 38.2 Å². The zero-order chi connectivity index (χ0) is 22.0. The number of furan rings is 1. The van der Waals surface area contributed by atoms with Gasteiger partial charge in [0, 0.05) is 31.7 Å². The summed E-state index contributed by atoms with van der Waals surface area (Å²) in [5, 5.41) is 7.24. The van der Waals surface area contributed by atoms with Crippen LogP contribution in [-0.2, 0) is 5.54 Å². The third-order valence-electron chi connectivity index (χ3n) is 6.90. The number of hydrogen-bond donors (Lipinski definition) is 2. The van der Waals surface area contributed by atoms with E-state index >= 15 is 4.39 Å². The van der Waals surface area contributed by atoms with E-state index in [1.54, 1.807) is 18.2 Å². The predicted molar refractivity (Wildman–Crippen MR) is 120 cm³/mol. The molecule has 1 saturated carbocycles. The van der Waals surface area contributed by atoms with Crippen molar-refractivity contribution in [3.63, 3.8) is 0 Å². The maximum absolute atomic E-state index is 15.4. The van der Waals surface area contributed by atoms with Gasteiger partial charge in [-0.2, -0.15) is 0 Å². The average molecular weight is 468 g/mol. The predicted octanol–water partition coefficient (Wildman–Crippen LogP) is 4.64. The molecule has 1 aromatic carbocycles. The monoisotopic (exact) mass is 467 g/mol. The molecule has 4 atom stereocenters. The van der Waals surface area contributed by atoms with E-state index in [4.69, 9.17) is 27.6 Å². The van der Waals surface area contributed by atoms with Crippen molar-refractivity contribution in [2.75, 3.05) is 26.2 Å². The summed E-state index contributed by atoms with van der Waals surface area (Å²) >= 11 is 13.0. The minimum atomic E-state index is -1.15. The number of alkyl halides is 1. The van der Waals surface area contributed by atoms with Gasteiger partial charge in [-0.05, 0) is 55.9 Å². The van der Waals surface area contributed by atoms with Gasteiger partial charge in [0.05, 0.1) is 22.4 Å². The standard InChI is InChI=1S/C23H28Cl2FN3O2/c1-23(29-11-9-27-10-12-29,16-4-2-5-17(24)21(16)25)15-7-8-19(18(26)14-15)28-22(30)20-6-3-13-31-20/h2-6,13,15,18-19,27H,7-12,14H2,1H3,(H,28,30). The van der Waals surface area contributed by atoms with E-state index in [9.17, 15) is 4.79 Å². The molecule has 1 saturated heterocycles. The Hall–Kier alpha value is -1.60. The quantitative estimate of drug-likeness (QED) is 0.671. The van der Waals surface area contributed by atoms with Crippen LogP contribution in [0.3, 0.4) is 0 Å². The lowest BCUT2D eigenvalue weighted by Gasteiger charge is -2.51. The summed E-state index contributed by atoms with van der Waals surface area (Å²) in [6.45, 7) is 5.62. The fraction of sp³-hybridized carbons (Fsp3) is 0.522. The van der Waals surface area contributed by atoms with Gasteiger partial charge in [0.1, 0.15) is 6.17 Å². The molecular weight excluding hydrogens is 440 g/mol. The molecule has 2 aromatic rings. The number of nitrogens with zero attached hydrogens (tertiary/aromatic N) is 1. The van der Waals surface area contributed by atoms with Crippen LogP contribution in [0.2, 0.25) is 10.0 Å². The van der Waals surface area contributed by atoms with Crippen LogP contribution < -0.4 is 10.6 Å². The highest BCUT2D eigenvalue weighted by Gasteiger charge is 2.47. The van der Waals surface area contributed by atoms with Gasteiger partial charge in [0.25, 0.3) is 5.91 Å². The smallest absolute Gasteiger partial charge is 0.287 e. The summed E-state index contributed by atoms with van der Waals surface area (Å²) in [5.41, 5.74) is 0.489. The number of nitrogens with one attached hydrogen (secondary N) is 2. The van der Waals surface area contributed by atoms with Crippen molar-refractivity contribution >= 4 is 29.1 Å². The van der Waals surface area contributed by atoms with Crippen molar-refractivity contribution < 1.29 is 13.6 Å². The third-order valence-corrected chi connectivity index (χ3v) is 7.72. The van der Waals surface area contributed by atoms with E-state index in [2.05, 4.69) is 22.5 Å². The lowest BCUT2D eigenvalue weighted by atomic mass is 9.69. The second kappa shape index (κ2) is 9.49. The number of rotatable bonds is 5. The molecule has 2 heterocycles. The van der Waals surface area contributed by atoms with Crippen LogP contribution in [0.4, 0.5) is 4.39 Å². The van der Waals surface area contributed by atoms with Gasteiger partial charge >= 0.3 is 0 Å². The Morgan fingerprint density at radius 1 is 1.23 bits per heavy atom. The highest BCUT2D eigenvalue weighted by atomic mass is 35.5. The molecule has 0 spiro atoms. The SMILES string of the molecule is CC(c1cccc(Cl)c1Cl)(C1CCC(NC(=O)c2ccco2)C(F)C1)N1CCNCC1. The summed E-state index contributed by atoms with van der Waals surface area (Å²) in [5.74, 6) is -0.141. The molecular formula is C23H28Cl2FN3O2. The van der Waals surface area contributed by atoms with Crippen LogP contribution in [0, 0.1) is 5.92 Å². The van der Waals surface area contributed by atoms with Crippen LogP contribution >= 0.6 is 23.2 Å². The first-order valence-electron chi connectivity index (χ1n) is 10.8. The number of amides is 1. The fourth-order valence-electron chi connectivity index (χ4n) is 5.11. The Morgan fingerprint density at radius 2 is 2.00 bits per heavy atom. The van der Waals surface area contributed by atoms with Crippen LogP contribution in [0.1, 0.15) is 42.3 Å². The Labute approximate surface area is 192 Å². The minimum Gasteiger partial charge on any atom is -0.459 e. The number of piperazine rings is 1. The molecule has 4 unspecified atom stereocenters. The van der Waals surface area contributed by atoms with Gasteiger partial charge in [0.15, 0.2) is 5.76 Å². The molecule has 0 bridgehead atoms. The Bertz CT molecular complexity index is 904. The van der Waals surface area contributed by atoms with Crippen LogP contribution in [-0.4, -0.2) is 49.2 Å². The van der Waals surface area contributed by atoms with E-state index in [1.165, 1.54) is 6.26 Å². The van der Waals surface area contributed by atoms with Crippen molar-refractivity contribution in [2.24, 2.45) is 5.92 Å². The highest BCUT2D eigenvalue weighted by Crippen LogP contribution is 2.47. The van der Waals surface area contributed by atoms with Crippen molar-refractivity contribution in [2.45, 2.75) is 43.9 Å². The van der Waals surface area contributed by atoms with Gasteiger partial charge in [0.2, 0.25) is 0 Å². The highest BCUT2D eigenvalue weighted by molar-refractivity contribution is 6.42. The van der Waals surface area contributed by atoms with Crippen LogP contribution in [0.5, 0.6) is 0 Å². The van der Waals surface area contributed by atoms with Gasteiger partial charge in [-0.25, -0.2) is 4.39 Å². The van der Waals surface area contributed by atoms with Crippen molar-refractivity contribution in [3.8, 4) is 0 Å². The number of benzene rings is 1. The molecule has 1 aliphatic heterocycles. The topological polar surface area (TPSA) is 57.5 Å². The number of carbonyl (C=O) groups is 1. The molecule has 5 nitrogen and oxygen atoms in total. The third kappa shape index (κ3) is 4.49. The first-order chi connectivity index (χ1) is 14.9. The minimum absolute atomic E-state index is 0.0355. The first-order valence-corrected chi connectivity index (χ1v) is 11.6. The van der Waals surface area contributed by atoms with Gasteiger partial charge in [-0.3, -0.25) is 9.69 Å². The maximum Gasteiger partial charge on any atom is 0.287 e. The fourth-order valence-corrected chi connectivity index (χ4v) is 5.60. The molecule has 2 fully saturated rings. The molecule has 8 heteroatoms. The lowest BCUT2D eigenvalue weighted by Crippen LogP contribution is -2.58. The summed E-state index contributed by atoms with van der Waals surface area (Å²) in [4.78, 5) is 14.7. The summed E-state index contributed by atoms with van der Waals surface area (Å²) in [7, 11) is 0. The molecule has 0 radical (unpaired) electrons. The summed E-state index contributed by atoms with van der Waals surface area (Å²) < 4.78 is 20.5. The Balaban J connectivity index is 1.57. The molecule has 168 valence electrons. The van der Waals surface area contributed by atoms with Crippen molar-refractivity contribution in [3.05, 3.63) is 58.0 Å². The van der Waals surface area contributed by atoms with Gasteiger partial charge < -0.3 is 15.1 Å². The average Bonchev–Trinajstić information content (AvgIpc) is 3.32. The van der Waals surface area contributed by atoms with Gasteiger partial charge in [-0.15, -0.1) is 0 Å². The summed E-state index contributed by atoms with van der Waals surface area (Å²) in [6, 6.07) is 8.39. The molecule has 4 rings (SSSR count). The molecule has 1 aromatic heterocycles. The van der Waals surface area contributed by atoms with Crippen molar-refractivity contribution in [1.29, 1.82) is 0 Å². The Morgan fingerprint density at radius 3 is 2.68 bits per heavy atom. The maximum atomic E-state index is 15.4.